The summed E-state index contributed by atoms with van der Waals surface area (Å²) in [5, 5.41) is 15.5. The van der Waals surface area contributed by atoms with Gasteiger partial charge in [-0.2, -0.15) is 0 Å². The number of aliphatic hydroxyl groups is 1. The Balaban J connectivity index is 1.86. The van der Waals surface area contributed by atoms with Crippen LogP contribution in [0.1, 0.15) is 11.7 Å². The maximum absolute atomic E-state index is 13.4. The van der Waals surface area contributed by atoms with Crippen molar-refractivity contribution >= 4 is 17.7 Å². The zero-order valence-corrected chi connectivity index (χ0v) is 10.5. The summed E-state index contributed by atoms with van der Waals surface area (Å²) in [5.74, 6) is 0.861. The van der Waals surface area contributed by atoms with Gasteiger partial charge in [-0.05, 0) is 6.07 Å². The molecule has 4 nitrogen and oxygen atoms in total. The number of amides is 1. The van der Waals surface area contributed by atoms with Crippen molar-refractivity contribution in [3.63, 3.8) is 0 Å². The fourth-order valence-electron chi connectivity index (χ4n) is 1.74. The van der Waals surface area contributed by atoms with Crippen LogP contribution in [0.3, 0.4) is 0 Å². The predicted octanol–water partition coefficient (Wildman–Crippen LogP) is 0.638. The van der Waals surface area contributed by atoms with Crippen LogP contribution in [-0.4, -0.2) is 35.2 Å². The summed E-state index contributed by atoms with van der Waals surface area (Å²) in [5.41, 5.74) is 0.201. The average Bonchev–Trinajstić information content (AvgIpc) is 2.90. The third-order valence-corrected chi connectivity index (χ3v) is 3.71. The lowest BCUT2D eigenvalue weighted by atomic mass is 10.1. The molecule has 0 bridgehead atoms. The first-order valence-electron chi connectivity index (χ1n) is 5.70. The van der Waals surface area contributed by atoms with Crippen LogP contribution < -0.4 is 10.6 Å². The summed E-state index contributed by atoms with van der Waals surface area (Å²) in [6.07, 6.45) is -1.02. The number of halogens is 1. The Hall–Kier alpha value is -1.11. The van der Waals surface area contributed by atoms with Crippen LogP contribution in [0.4, 0.5) is 4.39 Å². The highest BCUT2D eigenvalue weighted by Gasteiger charge is 2.23. The van der Waals surface area contributed by atoms with Gasteiger partial charge in [0, 0.05) is 23.7 Å². The summed E-state index contributed by atoms with van der Waals surface area (Å²) in [7, 11) is 0. The fraction of sp³-hybridized carbons (Fsp3) is 0.417. The van der Waals surface area contributed by atoms with Crippen molar-refractivity contribution < 1.29 is 14.3 Å². The van der Waals surface area contributed by atoms with Crippen molar-refractivity contribution in [3.8, 4) is 0 Å². The molecular weight excluding hydrogens is 255 g/mol. The molecule has 1 aliphatic heterocycles. The van der Waals surface area contributed by atoms with Crippen LogP contribution in [0.15, 0.2) is 24.3 Å². The summed E-state index contributed by atoms with van der Waals surface area (Å²) in [6, 6.07) is 5.79. The highest BCUT2D eigenvalue weighted by molar-refractivity contribution is 7.99. The molecule has 1 aromatic carbocycles. The Labute approximate surface area is 109 Å². The second kappa shape index (κ2) is 6.17. The molecule has 0 aliphatic carbocycles. The molecule has 0 saturated carbocycles. The van der Waals surface area contributed by atoms with Crippen LogP contribution in [0.5, 0.6) is 0 Å². The molecule has 3 N–H and O–H groups in total. The number of carbonyl (C=O) groups excluding carboxylic acids is 1. The molecular formula is C12H15FN2O2S. The number of thioether (sulfide) groups is 1. The SMILES string of the molecule is O=C(NC[C@@H](O)c1ccccc1F)[C@@H]1CSCN1. The molecule has 1 fully saturated rings. The van der Waals surface area contributed by atoms with E-state index in [2.05, 4.69) is 10.6 Å². The van der Waals surface area contributed by atoms with Gasteiger partial charge in [-0.3, -0.25) is 10.1 Å². The predicted molar refractivity (Wildman–Crippen MR) is 68.6 cm³/mol. The van der Waals surface area contributed by atoms with E-state index >= 15 is 0 Å². The van der Waals surface area contributed by atoms with E-state index in [0.717, 1.165) is 11.6 Å². The first-order valence-corrected chi connectivity index (χ1v) is 6.85. The Kier molecular flexibility index (Phi) is 4.57. The summed E-state index contributed by atoms with van der Waals surface area (Å²) < 4.78 is 13.4. The van der Waals surface area contributed by atoms with Crippen molar-refractivity contribution in [2.24, 2.45) is 0 Å². The maximum Gasteiger partial charge on any atom is 0.238 e. The minimum absolute atomic E-state index is 0.0165. The lowest BCUT2D eigenvalue weighted by molar-refractivity contribution is -0.122. The van der Waals surface area contributed by atoms with Gasteiger partial charge in [0.05, 0.1) is 12.1 Å². The number of carbonyl (C=O) groups is 1. The first-order chi connectivity index (χ1) is 8.68. The molecule has 1 aliphatic rings. The van der Waals surface area contributed by atoms with Gasteiger partial charge in [0.15, 0.2) is 0 Å². The number of nitrogens with one attached hydrogen (secondary N) is 2. The minimum Gasteiger partial charge on any atom is -0.386 e. The monoisotopic (exact) mass is 270 g/mol. The largest absolute Gasteiger partial charge is 0.386 e. The van der Waals surface area contributed by atoms with Crippen molar-refractivity contribution in [1.82, 2.24) is 10.6 Å². The zero-order valence-electron chi connectivity index (χ0n) is 9.73. The Bertz CT molecular complexity index is 424. The van der Waals surface area contributed by atoms with Crippen LogP contribution in [0.2, 0.25) is 0 Å². The molecule has 2 atom stereocenters. The zero-order chi connectivity index (χ0) is 13.0. The van der Waals surface area contributed by atoms with E-state index in [1.807, 2.05) is 0 Å². The van der Waals surface area contributed by atoms with Gasteiger partial charge >= 0.3 is 0 Å². The van der Waals surface area contributed by atoms with Gasteiger partial charge in [-0.1, -0.05) is 18.2 Å². The van der Waals surface area contributed by atoms with E-state index < -0.39 is 11.9 Å². The molecule has 18 heavy (non-hydrogen) atoms. The highest BCUT2D eigenvalue weighted by Crippen LogP contribution is 2.16. The van der Waals surface area contributed by atoms with E-state index in [-0.39, 0.29) is 24.1 Å². The smallest absolute Gasteiger partial charge is 0.238 e. The molecule has 2 rings (SSSR count). The van der Waals surface area contributed by atoms with Crippen LogP contribution in [0.25, 0.3) is 0 Å². The van der Waals surface area contributed by atoms with Gasteiger partial charge in [0.2, 0.25) is 5.91 Å². The third kappa shape index (κ3) is 3.22. The molecule has 0 spiro atoms. The minimum atomic E-state index is -1.02. The topological polar surface area (TPSA) is 61.4 Å². The highest BCUT2D eigenvalue weighted by atomic mass is 32.2. The Morgan fingerprint density at radius 1 is 1.61 bits per heavy atom. The van der Waals surface area contributed by atoms with E-state index in [9.17, 15) is 14.3 Å². The standard InChI is InChI=1S/C12H15FN2O2S/c13-9-4-2-1-3-8(9)11(16)5-14-12(17)10-6-18-7-15-10/h1-4,10-11,15-16H,5-7H2,(H,14,17)/t10-,11+/m0/s1. The van der Waals surface area contributed by atoms with Crippen LogP contribution in [-0.2, 0) is 4.79 Å². The van der Waals surface area contributed by atoms with Gasteiger partial charge in [-0.15, -0.1) is 11.8 Å². The van der Waals surface area contributed by atoms with E-state index in [1.54, 1.807) is 23.9 Å². The van der Waals surface area contributed by atoms with Crippen LogP contribution in [0, 0.1) is 5.82 Å². The van der Waals surface area contributed by atoms with Gasteiger partial charge in [0.25, 0.3) is 0 Å². The normalized spacial score (nSPS) is 20.7. The van der Waals surface area contributed by atoms with Crippen molar-refractivity contribution in [3.05, 3.63) is 35.6 Å². The molecule has 0 radical (unpaired) electrons. The Morgan fingerprint density at radius 3 is 3.06 bits per heavy atom. The van der Waals surface area contributed by atoms with E-state index in [0.29, 0.717) is 0 Å². The lowest BCUT2D eigenvalue weighted by Crippen LogP contribution is -2.43. The molecule has 1 heterocycles. The first kappa shape index (κ1) is 13.3. The quantitative estimate of drug-likeness (QED) is 0.751. The maximum atomic E-state index is 13.4. The number of benzene rings is 1. The van der Waals surface area contributed by atoms with Gasteiger partial charge in [0.1, 0.15) is 5.82 Å². The Morgan fingerprint density at radius 2 is 2.39 bits per heavy atom. The van der Waals surface area contributed by atoms with Crippen molar-refractivity contribution in [2.45, 2.75) is 12.1 Å². The lowest BCUT2D eigenvalue weighted by Gasteiger charge is -2.15. The number of hydrogen-bond acceptors (Lipinski definition) is 4. The fourth-order valence-corrected chi connectivity index (χ4v) is 2.68. The van der Waals surface area contributed by atoms with Gasteiger partial charge in [-0.25, -0.2) is 4.39 Å². The molecule has 6 heteroatoms. The molecule has 0 aromatic heterocycles. The van der Waals surface area contributed by atoms with E-state index in [1.165, 1.54) is 12.1 Å². The number of rotatable bonds is 4. The van der Waals surface area contributed by atoms with Crippen molar-refractivity contribution in [1.29, 1.82) is 0 Å². The number of hydrogen-bond donors (Lipinski definition) is 3. The molecule has 0 unspecified atom stereocenters. The van der Waals surface area contributed by atoms with Crippen LogP contribution >= 0.6 is 11.8 Å². The molecule has 98 valence electrons. The van der Waals surface area contributed by atoms with Gasteiger partial charge < -0.3 is 10.4 Å². The van der Waals surface area contributed by atoms with E-state index in [4.69, 9.17) is 0 Å². The second-order valence-electron chi connectivity index (χ2n) is 4.05. The third-order valence-electron chi connectivity index (χ3n) is 2.77. The second-order valence-corrected chi connectivity index (χ2v) is 5.08. The molecule has 1 aromatic rings. The average molecular weight is 270 g/mol. The summed E-state index contributed by atoms with van der Waals surface area (Å²) in [4.78, 5) is 11.7. The summed E-state index contributed by atoms with van der Waals surface area (Å²) >= 11 is 1.65. The molecule has 1 amide bonds. The van der Waals surface area contributed by atoms with Crippen molar-refractivity contribution in [2.75, 3.05) is 18.2 Å². The summed E-state index contributed by atoms with van der Waals surface area (Å²) in [6.45, 7) is 0.0165. The molecule has 1 saturated heterocycles. The number of aliphatic hydroxyl groups excluding tert-OH is 1.